The first-order chi connectivity index (χ1) is 11.3. The number of nitrogens with one attached hydrogen (secondary N) is 2. The largest absolute Gasteiger partial charge is 0.434 e. The molecule has 1 heterocycles. The standard InChI is InChI=1S/C17H22F2N2O3/c1-9-11(5-4-6-12(9)24-15(18)19)20-16(22)21-13-10-7-8-23-14(10)17(13,2)3/h4-6,10,13-15H,7-8H2,1-3H3,(H2,20,21,22)/t10-,13+,14-/m0/s1. The molecule has 7 heteroatoms. The predicted octanol–water partition coefficient (Wildman–Crippen LogP) is 3.53. The highest BCUT2D eigenvalue weighted by Gasteiger charge is 2.59. The van der Waals surface area contributed by atoms with Crippen LogP contribution in [-0.4, -0.2) is 31.4 Å². The molecule has 0 spiro atoms. The topological polar surface area (TPSA) is 59.6 Å². The van der Waals surface area contributed by atoms with Crippen LogP contribution >= 0.6 is 0 Å². The zero-order valence-electron chi connectivity index (χ0n) is 13.9. The Kier molecular flexibility index (Phi) is 4.38. The molecule has 132 valence electrons. The van der Waals surface area contributed by atoms with E-state index in [2.05, 4.69) is 29.2 Å². The van der Waals surface area contributed by atoms with E-state index >= 15 is 0 Å². The van der Waals surface area contributed by atoms with Crippen molar-refractivity contribution in [1.29, 1.82) is 0 Å². The minimum atomic E-state index is -2.90. The second-order valence-corrected chi connectivity index (χ2v) is 6.95. The van der Waals surface area contributed by atoms with Crippen LogP contribution in [-0.2, 0) is 4.74 Å². The van der Waals surface area contributed by atoms with Crippen LogP contribution in [0.15, 0.2) is 18.2 Å². The number of rotatable bonds is 4. The van der Waals surface area contributed by atoms with Crippen molar-refractivity contribution in [2.45, 2.75) is 45.9 Å². The number of fused-ring (bicyclic) bond motifs is 1. The van der Waals surface area contributed by atoms with Crippen molar-refractivity contribution in [2.75, 3.05) is 11.9 Å². The monoisotopic (exact) mass is 340 g/mol. The Balaban J connectivity index is 1.65. The lowest BCUT2D eigenvalue weighted by molar-refractivity contribution is -0.107. The van der Waals surface area contributed by atoms with Gasteiger partial charge in [-0.1, -0.05) is 19.9 Å². The number of alkyl halides is 2. The maximum Gasteiger partial charge on any atom is 0.387 e. The first-order valence-electron chi connectivity index (χ1n) is 8.04. The molecular formula is C17H22F2N2O3. The van der Waals surface area contributed by atoms with Crippen LogP contribution in [0.1, 0.15) is 25.8 Å². The lowest BCUT2D eigenvalue weighted by atomic mass is 9.57. The molecule has 2 amide bonds. The highest BCUT2D eigenvalue weighted by Crippen LogP contribution is 2.52. The molecule has 24 heavy (non-hydrogen) atoms. The highest BCUT2D eigenvalue weighted by molar-refractivity contribution is 5.90. The normalized spacial score (nSPS) is 27.3. The molecule has 1 aliphatic heterocycles. The molecule has 2 N–H and O–H groups in total. The van der Waals surface area contributed by atoms with Gasteiger partial charge in [-0.3, -0.25) is 0 Å². The summed E-state index contributed by atoms with van der Waals surface area (Å²) in [4.78, 5) is 12.3. The quantitative estimate of drug-likeness (QED) is 0.881. The van der Waals surface area contributed by atoms with Crippen molar-refractivity contribution in [3.8, 4) is 5.75 Å². The van der Waals surface area contributed by atoms with Gasteiger partial charge < -0.3 is 20.1 Å². The Labute approximate surface area is 139 Å². The third-order valence-corrected chi connectivity index (χ3v) is 5.14. The van der Waals surface area contributed by atoms with Crippen molar-refractivity contribution < 1.29 is 23.0 Å². The summed E-state index contributed by atoms with van der Waals surface area (Å²) in [7, 11) is 0. The van der Waals surface area contributed by atoms with Crippen molar-refractivity contribution in [1.82, 2.24) is 5.32 Å². The van der Waals surface area contributed by atoms with Crippen LogP contribution < -0.4 is 15.4 Å². The van der Waals surface area contributed by atoms with Crippen molar-refractivity contribution >= 4 is 11.7 Å². The molecule has 1 saturated carbocycles. The number of carbonyl (C=O) groups is 1. The lowest BCUT2D eigenvalue weighted by Crippen LogP contribution is -2.67. The maximum absolute atomic E-state index is 12.4. The fourth-order valence-corrected chi connectivity index (χ4v) is 3.89. The van der Waals surface area contributed by atoms with Crippen LogP contribution in [0.2, 0.25) is 0 Å². The zero-order chi connectivity index (χ0) is 17.5. The number of anilines is 1. The minimum absolute atomic E-state index is 0.0332. The van der Waals surface area contributed by atoms with Crippen molar-refractivity contribution in [3.05, 3.63) is 23.8 Å². The molecule has 2 fully saturated rings. The van der Waals surface area contributed by atoms with Gasteiger partial charge in [0.1, 0.15) is 5.75 Å². The SMILES string of the molecule is Cc1c(NC(=O)N[C@@H]2[C@@H]3CCO[C@@H]3C2(C)C)cccc1OC(F)F. The van der Waals surface area contributed by atoms with Gasteiger partial charge in [-0.25, -0.2) is 4.79 Å². The number of hydrogen-bond acceptors (Lipinski definition) is 3. The van der Waals surface area contributed by atoms with Crippen LogP contribution in [0, 0.1) is 18.3 Å². The van der Waals surface area contributed by atoms with Crippen molar-refractivity contribution in [3.63, 3.8) is 0 Å². The molecule has 1 aliphatic carbocycles. The van der Waals surface area contributed by atoms with Crippen molar-refractivity contribution in [2.24, 2.45) is 11.3 Å². The summed E-state index contributed by atoms with van der Waals surface area (Å²) in [6, 6.07) is 4.34. The number of carbonyl (C=O) groups excluding carboxylic acids is 1. The number of halogens is 2. The highest BCUT2D eigenvalue weighted by atomic mass is 19.3. The second-order valence-electron chi connectivity index (χ2n) is 6.95. The average Bonchev–Trinajstić information content (AvgIpc) is 2.95. The van der Waals surface area contributed by atoms with E-state index in [0.29, 0.717) is 17.2 Å². The summed E-state index contributed by atoms with van der Waals surface area (Å²) < 4.78 is 35.0. The number of urea groups is 1. The summed E-state index contributed by atoms with van der Waals surface area (Å²) in [5.41, 5.74) is 0.790. The van der Waals surface area contributed by atoms with E-state index in [0.717, 1.165) is 13.0 Å². The molecule has 3 atom stereocenters. The van der Waals surface area contributed by atoms with Gasteiger partial charge >= 0.3 is 12.6 Å². The summed E-state index contributed by atoms with van der Waals surface area (Å²) in [6.45, 7) is 3.61. The van der Waals surface area contributed by atoms with E-state index in [4.69, 9.17) is 4.74 Å². The summed E-state index contributed by atoms with van der Waals surface area (Å²) in [6.07, 6.45) is 1.13. The van der Waals surface area contributed by atoms with Gasteiger partial charge in [0.15, 0.2) is 0 Å². The molecule has 0 unspecified atom stereocenters. The molecule has 2 aliphatic rings. The molecule has 0 radical (unpaired) electrons. The van der Waals surface area contributed by atoms with E-state index < -0.39 is 6.61 Å². The number of benzene rings is 1. The Morgan fingerprint density at radius 1 is 1.42 bits per heavy atom. The minimum Gasteiger partial charge on any atom is -0.434 e. The average molecular weight is 340 g/mol. The Hall–Kier alpha value is -1.89. The van der Waals surface area contributed by atoms with Crippen LogP contribution in [0.5, 0.6) is 5.75 Å². The van der Waals surface area contributed by atoms with E-state index in [-0.39, 0.29) is 29.3 Å². The van der Waals surface area contributed by atoms with E-state index in [1.165, 1.54) is 6.07 Å². The lowest BCUT2D eigenvalue weighted by Gasteiger charge is -2.54. The van der Waals surface area contributed by atoms with Gasteiger partial charge in [0, 0.05) is 35.2 Å². The van der Waals surface area contributed by atoms with Gasteiger partial charge in [0.05, 0.1) is 6.10 Å². The molecule has 0 bridgehead atoms. The molecule has 1 aromatic rings. The van der Waals surface area contributed by atoms with Gasteiger partial charge in [-0.05, 0) is 25.5 Å². The summed E-state index contributed by atoms with van der Waals surface area (Å²) in [5, 5.41) is 5.72. The zero-order valence-corrected chi connectivity index (χ0v) is 13.9. The third kappa shape index (κ3) is 2.92. The molecule has 1 aromatic carbocycles. The van der Waals surface area contributed by atoms with E-state index in [1.54, 1.807) is 19.1 Å². The van der Waals surface area contributed by atoms with Crippen LogP contribution in [0.25, 0.3) is 0 Å². The molecule has 1 saturated heterocycles. The van der Waals surface area contributed by atoms with Gasteiger partial charge in [0.2, 0.25) is 0 Å². The van der Waals surface area contributed by atoms with E-state index in [9.17, 15) is 13.6 Å². The first kappa shape index (κ1) is 17.0. The number of ether oxygens (including phenoxy) is 2. The molecule has 3 rings (SSSR count). The predicted molar refractivity (Wildman–Crippen MR) is 85.4 cm³/mol. The van der Waals surface area contributed by atoms with Crippen LogP contribution in [0.4, 0.5) is 19.3 Å². The smallest absolute Gasteiger partial charge is 0.387 e. The summed E-state index contributed by atoms with van der Waals surface area (Å²) in [5.74, 6) is 0.386. The molecule has 0 aromatic heterocycles. The third-order valence-electron chi connectivity index (χ3n) is 5.14. The summed E-state index contributed by atoms with van der Waals surface area (Å²) >= 11 is 0. The fourth-order valence-electron chi connectivity index (χ4n) is 3.89. The van der Waals surface area contributed by atoms with Gasteiger partial charge in [0.25, 0.3) is 0 Å². The van der Waals surface area contributed by atoms with Crippen LogP contribution in [0.3, 0.4) is 0 Å². The van der Waals surface area contributed by atoms with Gasteiger partial charge in [-0.2, -0.15) is 8.78 Å². The number of amides is 2. The number of hydrogen-bond donors (Lipinski definition) is 2. The Bertz CT molecular complexity index is 636. The first-order valence-corrected chi connectivity index (χ1v) is 8.04. The second kappa shape index (κ2) is 6.20. The maximum atomic E-state index is 12.4. The molecular weight excluding hydrogens is 318 g/mol. The van der Waals surface area contributed by atoms with E-state index in [1.807, 2.05) is 0 Å². The fraction of sp³-hybridized carbons (Fsp3) is 0.588. The Morgan fingerprint density at radius 3 is 2.88 bits per heavy atom. The Morgan fingerprint density at radius 2 is 2.17 bits per heavy atom. The van der Waals surface area contributed by atoms with Gasteiger partial charge in [-0.15, -0.1) is 0 Å². The molecule has 5 nitrogen and oxygen atoms in total.